The molecule has 1 aliphatic rings. The molecule has 1 amide bonds. The molecule has 4 rings (SSSR count). The predicted octanol–water partition coefficient (Wildman–Crippen LogP) is 6.11. The maximum Gasteiger partial charge on any atom is 0.328 e. The fourth-order valence-corrected chi connectivity index (χ4v) is 5.01. The van der Waals surface area contributed by atoms with Crippen molar-refractivity contribution in [3.63, 3.8) is 0 Å². The maximum absolute atomic E-state index is 13.5. The molecule has 3 aromatic carbocycles. The van der Waals surface area contributed by atoms with Crippen molar-refractivity contribution in [1.29, 1.82) is 0 Å². The number of carboxylic acids is 1. The quantitative estimate of drug-likeness (QED) is 0.209. The van der Waals surface area contributed by atoms with Crippen molar-refractivity contribution in [3.05, 3.63) is 105 Å². The number of likely N-dealkylation sites (tertiary alicyclic amines) is 1. The predicted molar refractivity (Wildman–Crippen MR) is 154 cm³/mol. The Bertz CT molecular complexity index is 1360. The minimum atomic E-state index is -1.18. The van der Waals surface area contributed by atoms with Gasteiger partial charge in [-0.05, 0) is 42.6 Å². The fourth-order valence-electron chi connectivity index (χ4n) is 4.69. The van der Waals surface area contributed by atoms with Gasteiger partial charge in [0.1, 0.15) is 0 Å². The van der Waals surface area contributed by atoms with Gasteiger partial charge in [-0.15, -0.1) is 5.69 Å². The van der Waals surface area contributed by atoms with Crippen LogP contribution in [0.4, 0.5) is 5.69 Å². The number of nitrogens with zero attached hydrogens (tertiary/aromatic N) is 3. The first kappa shape index (κ1) is 31.8. The molecule has 3 atom stereocenters. The molecule has 7 nitrogen and oxygen atoms in total. The van der Waals surface area contributed by atoms with Crippen LogP contribution in [0.25, 0.3) is 5.32 Å². The van der Waals surface area contributed by atoms with Gasteiger partial charge in [0.05, 0.1) is 27.7 Å². The van der Waals surface area contributed by atoms with E-state index in [4.69, 9.17) is 23.2 Å². The van der Waals surface area contributed by atoms with Gasteiger partial charge >= 0.3 is 5.97 Å². The van der Waals surface area contributed by atoms with Crippen molar-refractivity contribution in [2.24, 2.45) is 10.9 Å². The molecule has 0 radical (unpaired) electrons. The number of hydrogen-bond acceptors (Lipinski definition) is 5. The summed E-state index contributed by atoms with van der Waals surface area (Å²) in [6.07, 6.45) is 1.55. The largest absolute Gasteiger partial charge is 0.625 e. The maximum atomic E-state index is 13.5. The van der Waals surface area contributed by atoms with Crippen molar-refractivity contribution in [1.82, 2.24) is 4.90 Å². The van der Waals surface area contributed by atoms with E-state index < -0.39 is 24.0 Å². The molecular formula is C30H30Cl2N3NiO4-. The molecule has 0 aliphatic carbocycles. The number of halogens is 2. The van der Waals surface area contributed by atoms with Crippen LogP contribution in [-0.2, 0) is 32.6 Å². The third-order valence-electron chi connectivity index (χ3n) is 6.80. The number of aliphatic hydroxyl groups is 1. The molecule has 0 bridgehead atoms. The normalized spacial score (nSPS) is 17.1. The smallest absolute Gasteiger partial charge is 0.328 e. The Morgan fingerprint density at radius 2 is 1.75 bits per heavy atom. The summed E-state index contributed by atoms with van der Waals surface area (Å²) in [5, 5.41) is 25.0. The second-order valence-electron chi connectivity index (χ2n) is 9.63. The zero-order valence-corrected chi connectivity index (χ0v) is 24.3. The minimum Gasteiger partial charge on any atom is -0.625 e. The molecule has 1 aliphatic heterocycles. The number of carbonyl (C=O) groups is 2. The van der Waals surface area contributed by atoms with Gasteiger partial charge < -0.3 is 20.3 Å². The van der Waals surface area contributed by atoms with Crippen LogP contribution < -0.4 is 0 Å². The molecule has 0 saturated carbocycles. The van der Waals surface area contributed by atoms with Crippen molar-refractivity contribution >= 4 is 46.5 Å². The zero-order valence-electron chi connectivity index (χ0n) is 21.8. The average Bonchev–Trinajstić information content (AvgIpc) is 3.40. The third-order valence-corrected chi connectivity index (χ3v) is 7.54. The summed E-state index contributed by atoms with van der Waals surface area (Å²) >= 11 is 12.2. The summed E-state index contributed by atoms with van der Waals surface area (Å²) in [5.41, 5.74) is 3.00. The van der Waals surface area contributed by atoms with Gasteiger partial charge in [-0.25, -0.2) is 4.79 Å². The van der Waals surface area contributed by atoms with Crippen LogP contribution in [-0.4, -0.2) is 57.9 Å². The Kier molecular flexibility index (Phi) is 11.7. The molecule has 2 N–H and O–H groups in total. The van der Waals surface area contributed by atoms with E-state index in [1.165, 1.54) is 0 Å². The van der Waals surface area contributed by atoms with Gasteiger partial charge in [0.15, 0.2) is 6.04 Å². The van der Waals surface area contributed by atoms with Gasteiger partial charge in [0.25, 0.3) is 0 Å². The zero-order chi connectivity index (χ0) is 27.9. The van der Waals surface area contributed by atoms with Crippen molar-refractivity contribution in [2.45, 2.75) is 38.4 Å². The number of hydrogen-bond donors (Lipinski definition) is 2. The molecule has 0 aromatic heterocycles. The van der Waals surface area contributed by atoms with Crippen molar-refractivity contribution in [2.75, 3.05) is 13.2 Å². The number of amides is 1. The first-order valence-corrected chi connectivity index (χ1v) is 13.5. The number of carboxylic acid groups (broad SMARTS) is 1. The Hall–Kier alpha value is -2.74. The molecule has 10 heteroatoms. The van der Waals surface area contributed by atoms with Crippen LogP contribution in [0.3, 0.4) is 0 Å². The van der Waals surface area contributed by atoms with E-state index in [1.807, 2.05) is 42.5 Å². The molecule has 0 unspecified atom stereocenters. The second kappa shape index (κ2) is 14.8. The number of aliphatic imine (C=N–C) groups is 1. The minimum absolute atomic E-state index is 0. The van der Waals surface area contributed by atoms with Crippen LogP contribution >= 0.6 is 23.2 Å². The van der Waals surface area contributed by atoms with Crippen LogP contribution in [0.1, 0.15) is 36.5 Å². The van der Waals surface area contributed by atoms with E-state index in [1.54, 1.807) is 37.3 Å². The van der Waals surface area contributed by atoms with Crippen molar-refractivity contribution < 1.29 is 36.3 Å². The Balaban J connectivity index is 0.00000441. The molecule has 1 fully saturated rings. The Morgan fingerprint density at radius 3 is 2.42 bits per heavy atom. The van der Waals surface area contributed by atoms with Gasteiger partial charge in [-0.1, -0.05) is 90.8 Å². The van der Waals surface area contributed by atoms with Gasteiger partial charge in [0.2, 0.25) is 0 Å². The van der Waals surface area contributed by atoms with Gasteiger partial charge in [0, 0.05) is 41.1 Å². The number of para-hydroxylation sites is 1. The van der Waals surface area contributed by atoms with E-state index >= 15 is 0 Å². The molecule has 1 saturated heterocycles. The molecular weight excluding hydrogens is 596 g/mol. The van der Waals surface area contributed by atoms with Crippen molar-refractivity contribution in [3.8, 4) is 0 Å². The van der Waals surface area contributed by atoms with Crippen LogP contribution in [0.15, 0.2) is 77.8 Å². The van der Waals surface area contributed by atoms with E-state index in [0.29, 0.717) is 45.5 Å². The van der Waals surface area contributed by atoms with Gasteiger partial charge in [-0.2, -0.15) is 0 Å². The van der Waals surface area contributed by atoms with Crippen LogP contribution in [0.2, 0.25) is 10.0 Å². The summed E-state index contributed by atoms with van der Waals surface area (Å²) < 4.78 is 0. The second-order valence-corrected chi connectivity index (χ2v) is 10.4. The van der Waals surface area contributed by atoms with E-state index in [2.05, 4.69) is 15.2 Å². The Labute approximate surface area is 254 Å². The standard InChI is InChI=1S/C30H31Cl2N3O4.Ni/c1-19(18-36)27(30(38)39)34-28(21-8-3-2-4-9-21)22-10-5-6-11-25(22)33-29(37)26-12-7-15-35(26)17-20-13-14-23(31)24(32)16-20;/h2-6,8-11,13-14,16,19,26-27,36H,7,12,15,17-18H2,1H3,(H2,33,34,37,38,39);/p-1/t19-,26-,27-;/m0./s1. The first-order valence-electron chi connectivity index (χ1n) is 12.8. The number of benzene rings is 3. The number of aliphatic hydroxyl groups excluding tert-OH is 1. The summed E-state index contributed by atoms with van der Waals surface area (Å²) in [7, 11) is 0. The first-order chi connectivity index (χ1) is 18.8. The molecule has 3 aromatic rings. The summed E-state index contributed by atoms with van der Waals surface area (Å²) in [6, 6.07) is 20.2. The SMILES string of the molecule is C[C@@H](CO)[C@H](N=C(c1ccccc1)c1ccccc1[N-]C(=O)[C@@H]1CCCN1Cc1ccc(Cl)c(Cl)c1)C(=O)O.[Ni]. The average molecular weight is 626 g/mol. The van der Waals surface area contributed by atoms with E-state index in [0.717, 1.165) is 18.5 Å². The van der Waals surface area contributed by atoms with E-state index in [9.17, 15) is 19.8 Å². The molecule has 40 heavy (non-hydrogen) atoms. The van der Waals surface area contributed by atoms with Crippen LogP contribution in [0.5, 0.6) is 0 Å². The van der Waals surface area contributed by atoms with Crippen LogP contribution in [0, 0.1) is 5.92 Å². The number of carbonyl (C=O) groups excluding carboxylic acids is 1. The molecule has 1 heterocycles. The molecule has 214 valence electrons. The molecule has 0 spiro atoms. The number of aliphatic carboxylic acids is 1. The van der Waals surface area contributed by atoms with E-state index in [-0.39, 0.29) is 29.0 Å². The van der Waals surface area contributed by atoms with Gasteiger partial charge in [-0.3, -0.25) is 9.89 Å². The summed E-state index contributed by atoms with van der Waals surface area (Å²) in [6.45, 7) is 2.60. The summed E-state index contributed by atoms with van der Waals surface area (Å²) in [5.74, 6) is -2.02. The fraction of sp³-hybridized carbons (Fsp3) is 0.300. The number of rotatable bonds is 10. The summed E-state index contributed by atoms with van der Waals surface area (Å²) in [4.78, 5) is 32.2. The monoisotopic (exact) mass is 624 g/mol. The third kappa shape index (κ3) is 7.71. The topological polar surface area (TPSA) is 104 Å². The Morgan fingerprint density at radius 1 is 1.05 bits per heavy atom.